The topological polar surface area (TPSA) is 64.8 Å². The van der Waals surface area contributed by atoms with Gasteiger partial charge in [0.2, 0.25) is 0 Å². The van der Waals surface area contributed by atoms with Crippen LogP contribution in [0.15, 0.2) is 0 Å². The second-order valence-electron chi connectivity index (χ2n) is 4.50. The van der Waals surface area contributed by atoms with Crippen molar-refractivity contribution in [1.29, 1.82) is 0 Å². The lowest BCUT2D eigenvalue weighted by Gasteiger charge is -2.28. The van der Waals surface area contributed by atoms with Crippen molar-refractivity contribution in [1.82, 2.24) is 5.06 Å². The van der Waals surface area contributed by atoms with Gasteiger partial charge in [-0.15, -0.1) is 0 Å². The molecule has 0 amide bonds. The van der Waals surface area contributed by atoms with E-state index in [1.807, 2.05) is 0 Å². The van der Waals surface area contributed by atoms with Gasteiger partial charge in [0.05, 0.1) is 20.8 Å². The SMILES string of the molecule is COC(=O)C(C)(ON1CC1(C(F)(F)F)C(F)(F)F)C(=O)OC. The molecule has 12 heteroatoms. The molecule has 0 bridgehead atoms. The van der Waals surface area contributed by atoms with Crippen molar-refractivity contribution in [3.8, 4) is 0 Å². The highest BCUT2D eigenvalue weighted by atomic mass is 19.4. The first kappa shape index (κ1) is 18.5. The van der Waals surface area contributed by atoms with Crippen LogP contribution in [0.1, 0.15) is 6.92 Å². The molecule has 128 valence electrons. The fourth-order valence-electron chi connectivity index (χ4n) is 1.67. The smallest absolute Gasteiger partial charge is 0.419 e. The van der Waals surface area contributed by atoms with Gasteiger partial charge in [-0.1, -0.05) is 0 Å². The minimum absolute atomic E-state index is 0.541. The fourth-order valence-corrected chi connectivity index (χ4v) is 1.67. The van der Waals surface area contributed by atoms with E-state index < -0.39 is 47.0 Å². The molecule has 0 aromatic rings. The van der Waals surface area contributed by atoms with Gasteiger partial charge in [-0.05, 0) is 6.92 Å². The summed E-state index contributed by atoms with van der Waals surface area (Å²) >= 11 is 0. The zero-order valence-electron chi connectivity index (χ0n) is 11.5. The van der Waals surface area contributed by atoms with E-state index in [-0.39, 0.29) is 0 Å². The van der Waals surface area contributed by atoms with E-state index in [0.717, 1.165) is 14.2 Å². The number of nitrogens with zero attached hydrogens (tertiary/aromatic N) is 1. The van der Waals surface area contributed by atoms with Gasteiger partial charge in [0.15, 0.2) is 0 Å². The van der Waals surface area contributed by atoms with Crippen LogP contribution in [0.4, 0.5) is 26.3 Å². The summed E-state index contributed by atoms with van der Waals surface area (Å²) in [6, 6.07) is 0. The predicted molar refractivity (Wildman–Crippen MR) is 55.1 cm³/mol. The quantitative estimate of drug-likeness (QED) is 0.332. The molecule has 1 saturated heterocycles. The lowest BCUT2D eigenvalue weighted by molar-refractivity contribution is -0.319. The molecule has 1 atom stereocenters. The van der Waals surface area contributed by atoms with Crippen LogP contribution >= 0.6 is 0 Å². The highest BCUT2D eigenvalue weighted by Crippen LogP contribution is 2.57. The monoisotopic (exact) mass is 339 g/mol. The van der Waals surface area contributed by atoms with E-state index in [0.29, 0.717) is 6.92 Å². The Morgan fingerprint density at radius 1 is 0.955 bits per heavy atom. The van der Waals surface area contributed by atoms with Gasteiger partial charge < -0.3 is 9.47 Å². The van der Waals surface area contributed by atoms with Crippen LogP contribution in [0.3, 0.4) is 0 Å². The highest BCUT2D eigenvalue weighted by molar-refractivity contribution is 6.03. The van der Waals surface area contributed by atoms with E-state index in [4.69, 9.17) is 0 Å². The van der Waals surface area contributed by atoms with E-state index in [9.17, 15) is 35.9 Å². The van der Waals surface area contributed by atoms with E-state index in [1.54, 1.807) is 0 Å². The van der Waals surface area contributed by atoms with Crippen LogP contribution in [-0.2, 0) is 23.9 Å². The summed E-state index contributed by atoms with van der Waals surface area (Å²) in [5.74, 6) is -3.02. The average molecular weight is 339 g/mol. The minimum atomic E-state index is -5.72. The number of alkyl halides is 6. The first-order valence-electron chi connectivity index (χ1n) is 5.55. The zero-order valence-corrected chi connectivity index (χ0v) is 11.5. The third-order valence-electron chi connectivity index (χ3n) is 3.08. The number of hydrogen-bond donors (Lipinski definition) is 0. The van der Waals surface area contributed by atoms with Gasteiger partial charge in [-0.2, -0.15) is 31.4 Å². The molecule has 1 fully saturated rings. The van der Waals surface area contributed by atoms with Crippen LogP contribution in [0, 0.1) is 0 Å². The lowest BCUT2D eigenvalue weighted by atomic mass is 10.1. The summed E-state index contributed by atoms with van der Waals surface area (Å²) in [6.07, 6.45) is -11.4. The second kappa shape index (κ2) is 5.26. The average Bonchev–Trinajstić information content (AvgIpc) is 3.11. The largest absolute Gasteiger partial charge is 0.466 e. The number of hydrogen-bond acceptors (Lipinski definition) is 6. The molecule has 1 aliphatic heterocycles. The first-order chi connectivity index (χ1) is 9.78. The molecule has 0 spiro atoms. The Morgan fingerprint density at radius 3 is 1.55 bits per heavy atom. The summed E-state index contributed by atoms with van der Waals surface area (Å²) in [7, 11) is 1.55. The van der Waals surface area contributed by atoms with Crippen molar-refractivity contribution in [2.75, 3.05) is 20.8 Å². The predicted octanol–water partition coefficient (Wildman–Crippen LogP) is 1.20. The van der Waals surface area contributed by atoms with Crippen LogP contribution < -0.4 is 0 Å². The van der Waals surface area contributed by atoms with Crippen molar-refractivity contribution >= 4 is 11.9 Å². The third kappa shape index (κ3) is 2.60. The van der Waals surface area contributed by atoms with Gasteiger partial charge in [0, 0.05) is 0 Å². The van der Waals surface area contributed by atoms with Crippen LogP contribution in [0.5, 0.6) is 0 Å². The normalized spacial score (nSPS) is 21.2. The highest BCUT2D eigenvalue weighted by Gasteiger charge is 2.85. The molecule has 0 radical (unpaired) electrons. The molecule has 0 saturated carbocycles. The summed E-state index contributed by atoms with van der Waals surface area (Å²) in [5, 5.41) is -0.541. The number of ether oxygens (including phenoxy) is 2. The number of methoxy groups -OCH3 is 2. The van der Waals surface area contributed by atoms with Gasteiger partial charge in [0.25, 0.3) is 11.1 Å². The molecular formula is C10H11F6NO5. The third-order valence-corrected chi connectivity index (χ3v) is 3.08. The second-order valence-corrected chi connectivity index (χ2v) is 4.50. The molecule has 0 N–H and O–H groups in total. The molecule has 6 nitrogen and oxygen atoms in total. The maximum Gasteiger partial charge on any atom is 0.419 e. The summed E-state index contributed by atoms with van der Waals surface area (Å²) in [6.45, 7) is -0.982. The molecule has 1 heterocycles. The number of halogens is 6. The molecule has 0 aromatic carbocycles. The maximum absolute atomic E-state index is 12.7. The van der Waals surface area contributed by atoms with Crippen molar-refractivity contribution in [2.45, 2.75) is 30.4 Å². The number of rotatable bonds is 4. The molecule has 1 aliphatic rings. The lowest BCUT2D eigenvalue weighted by Crippen LogP contribution is -2.54. The molecular weight excluding hydrogens is 328 g/mol. The Hall–Kier alpha value is -1.56. The fraction of sp³-hybridized carbons (Fsp3) is 0.800. The number of carbonyl (C=O) groups excluding carboxylic acids is 2. The molecule has 1 unspecified atom stereocenters. The summed E-state index contributed by atoms with van der Waals surface area (Å²) < 4.78 is 84.6. The Balaban J connectivity index is 3.13. The van der Waals surface area contributed by atoms with Crippen molar-refractivity contribution in [2.24, 2.45) is 0 Å². The van der Waals surface area contributed by atoms with Crippen LogP contribution in [0.25, 0.3) is 0 Å². The van der Waals surface area contributed by atoms with Gasteiger partial charge in [-0.3, -0.25) is 4.84 Å². The summed E-state index contributed by atoms with van der Waals surface area (Å²) in [4.78, 5) is 27.3. The van der Waals surface area contributed by atoms with Crippen molar-refractivity contribution < 1.29 is 50.2 Å². The van der Waals surface area contributed by atoms with Gasteiger partial charge in [-0.25, -0.2) is 9.59 Å². The number of carbonyl (C=O) groups is 2. The minimum Gasteiger partial charge on any atom is -0.466 e. The van der Waals surface area contributed by atoms with Crippen molar-refractivity contribution in [3.63, 3.8) is 0 Å². The Morgan fingerprint density at radius 2 is 1.32 bits per heavy atom. The Labute approximate surface area is 119 Å². The van der Waals surface area contributed by atoms with Crippen LogP contribution in [-0.4, -0.2) is 61.3 Å². The summed E-state index contributed by atoms with van der Waals surface area (Å²) in [5.41, 5.74) is -7.09. The van der Waals surface area contributed by atoms with Crippen molar-refractivity contribution in [3.05, 3.63) is 0 Å². The molecule has 22 heavy (non-hydrogen) atoms. The molecule has 1 rings (SSSR count). The maximum atomic E-state index is 12.7. The molecule has 0 aromatic heterocycles. The standard InChI is InChI=1S/C10H11F6NO5/c1-7(5(18)20-2,6(19)21-3)22-17-4-8(17,9(11,12)13)10(14,15)16/h4H2,1-3H3. The van der Waals surface area contributed by atoms with E-state index >= 15 is 0 Å². The van der Waals surface area contributed by atoms with Crippen LogP contribution in [0.2, 0.25) is 0 Å². The van der Waals surface area contributed by atoms with Gasteiger partial charge >= 0.3 is 24.3 Å². The van der Waals surface area contributed by atoms with E-state index in [2.05, 4.69) is 14.3 Å². The van der Waals surface area contributed by atoms with E-state index in [1.165, 1.54) is 0 Å². The first-order valence-corrected chi connectivity index (χ1v) is 5.55. The molecule has 0 aliphatic carbocycles. The Kier molecular flexibility index (Phi) is 4.42. The zero-order chi connectivity index (χ0) is 17.6. The Bertz CT molecular complexity index is 443. The van der Waals surface area contributed by atoms with Gasteiger partial charge in [0.1, 0.15) is 0 Å². The number of esters is 2. The number of hydroxylamine groups is 2.